The maximum Gasteiger partial charge on any atom is 0.0372 e. The molecule has 0 spiro atoms. The highest BCUT2D eigenvalue weighted by Gasteiger charge is 2.24. The van der Waals surface area contributed by atoms with Gasteiger partial charge in [-0.2, -0.15) is 0 Å². The second kappa shape index (κ2) is 8.53. The summed E-state index contributed by atoms with van der Waals surface area (Å²) < 4.78 is 0. The molecule has 1 N–H and O–H groups in total. The van der Waals surface area contributed by atoms with Gasteiger partial charge >= 0.3 is 0 Å². The third kappa shape index (κ3) is 3.89. The highest BCUT2D eigenvalue weighted by molar-refractivity contribution is 5.85. The van der Waals surface area contributed by atoms with Gasteiger partial charge in [-0.1, -0.05) is 26.0 Å². The van der Waals surface area contributed by atoms with Crippen LogP contribution in [0.4, 0.5) is 5.69 Å². The van der Waals surface area contributed by atoms with E-state index in [1.807, 2.05) is 7.05 Å². The van der Waals surface area contributed by atoms with Gasteiger partial charge in [0.25, 0.3) is 0 Å². The Bertz CT molecular complexity index is 400. The summed E-state index contributed by atoms with van der Waals surface area (Å²) in [6, 6.07) is 7.46. The SMILES string of the molecule is CCCN(CCC)C1CCc2c(cccc2NC)C1.Cl. The van der Waals surface area contributed by atoms with Crippen molar-refractivity contribution in [3.05, 3.63) is 29.3 Å². The monoisotopic (exact) mass is 296 g/mol. The molecule has 1 aromatic rings. The van der Waals surface area contributed by atoms with Gasteiger partial charge in [-0.05, 0) is 62.4 Å². The highest BCUT2D eigenvalue weighted by Crippen LogP contribution is 2.30. The van der Waals surface area contributed by atoms with E-state index in [4.69, 9.17) is 0 Å². The first-order chi connectivity index (χ1) is 9.30. The quantitative estimate of drug-likeness (QED) is 0.849. The molecule has 3 heteroatoms. The number of rotatable bonds is 6. The van der Waals surface area contributed by atoms with E-state index in [0.29, 0.717) is 0 Å². The van der Waals surface area contributed by atoms with E-state index in [0.717, 1.165) is 6.04 Å². The van der Waals surface area contributed by atoms with E-state index in [-0.39, 0.29) is 12.4 Å². The molecule has 0 aromatic heterocycles. The van der Waals surface area contributed by atoms with Gasteiger partial charge < -0.3 is 10.2 Å². The molecule has 1 aromatic carbocycles. The lowest BCUT2D eigenvalue weighted by atomic mass is 9.86. The van der Waals surface area contributed by atoms with Crippen molar-refractivity contribution in [2.45, 2.75) is 52.0 Å². The van der Waals surface area contributed by atoms with E-state index >= 15 is 0 Å². The first-order valence-electron chi connectivity index (χ1n) is 7.82. The molecule has 0 bridgehead atoms. The second-order valence-electron chi connectivity index (χ2n) is 5.63. The van der Waals surface area contributed by atoms with Crippen LogP contribution in [0.2, 0.25) is 0 Å². The van der Waals surface area contributed by atoms with Crippen molar-refractivity contribution in [1.82, 2.24) is 4.90 Å². The maximum atomic E-state index is 3.34. The van der Waals surface area contributed by atoms with Gasteiger partial charge in [-0.3, -0.25) is 0 Å². The Morgan fingerprint density at radius 2 is 1.90 bits per heavy atom. The predicted octanol–water partition coefficient (Wildman–Crippen LogP) is 4.13. The standard InChI is InChI=1S/C17H28N2.ClH/c1-4-11-19(12-5-2)15-9-10-16-14(13-15)7-6-8-17(16)18-3;/h6-8,15,18H,4-5,9-13H2,1-3H3;1H. The summed E-state index contributed by atoms with van der Waals surface area (Å²) in [4.78, 5) is 2.70. The van der Waals surface area contributed by atoms with Crippen molar-refractivity contribution in [1.29, 1.82) is 0 Å². The lowest BCUT2D eigenvalue weighted by Crippen LogP contribution is -2.40. The van der Waals surface area contributed by atoms with Gasteiger partial charge in [-0.15, -0.1) is 12.4 Å². The van der Waals surface area contributed by atoms with Crippen molar-refractivity contribution < 1.29 is 0 Å². The minimum atomic E-state index is 0. The largest absolute Gasteiger partial charge is 0.388 e. The van der Waals surface area contributed by atoms with Crippen molar-refractivity contribution >= 4 is 18.1 Å². The predicted molar refractivity (Wildman–Crippen MR) is 91.2 cm³/mol. The number of nitrogens with zero attached hydrogens (tertiary/aromatic N) is 1. The molecule has 0 saturated heterocycles. The summed E-state index contributed by atoms with van der Waals surface area (Å²) in [6.07, 6.45) is 6.29. The molecule has 0 saturated carbocycles. The highest BCUT2D eigenvalue weighted by atomic mass is 35.5. The number of halogens is 1. The van der Waals surface area contributed by atoms with E-state index in [1.54, 1.807) is 11.1 Å². The van der Waals surface area contributed by atoms with Crippen LogP contribution >= 0.6 is 12.4 Å². The molecule has 0 aliphatic heterocycles. The topological polar surface area (TPSA) is 15.3 Å². The van der Waals surface area contributed by atoms with Gasteiger partial charge in [0, 0.05) is 18.8 Å². The summed E-state index contributed by atoms with van der Waals surface area (Å²) in [5, 5.41) is 3.34. The fraction of sp³-hybridized carbons (Fsp3) is 0.647. The molecule has 20 heavy (non-hydrogen) atoms. The fourth-order valence-electron chi connectivity index (χ4n) is 3.39. The molecule has 0 heterocycles. The van der Waals surface area contributed by atoms with Crippen LogP contribution < -0.4 is 5.32 Å². The molecule has 0 radical (unpaired) electrons. The van der Waals surface area contributed by atoms with Crippen LogP contribution in [0.15, 0.2) is 18.2 Å². The zero-order valence-electron chi connectivity index (χ0n) is 13.1. The molecule has 1 unspecified atom stereocenters. The number of anilines is 1. The van der Waals surface area contributed by atoms with E-state index in [1.165, 1.54) is 50.9 Å². The summed E-state index contributed by atoms with van der Waals surface area (Å²) in [5.41, 5.74) is 4.43. The normalized spacial score (nSPS) is 17.5. The molecule has 114 valence electrons. The molecule has 2 nitrogen and oxygen atoms in total. The van der Waals surface area contributed by atoms with Gasteiger partial charge in [-0.25, -0.2) is 0 Å². The lowest BCUT2D eigenvalue weighted by Gasteiger charge is -2.35. The van der Waals surface area contributed by atoms with Crippen molar-refractivity contribution in [3.8, 4) is 0 Å². The third-order valence-corrected chi connectivity index (χ3v) is 4.26. The van der Waals surface area contributed by atoms with Gasteiger partial charge in [0.05, 0.1) is 0 Å². The first kappa shape index (κ1) is 17.3. The zero-order chi connectivity index (χ0) is 13.7. The van der Waals surface area contributed by atoms with Gasteiger partial charge in [0.1, 0.15) is 0 Å². The van der Waals surface area contributed by atoms with E-state index < -0.39 is 0 Å². The van der Waals surface area contributed by atoms with Gasteiger partial charge in [0.15, 0.2) is 0 Å². The molecule has 0 amide bonds. The summed E-state index contributed by atoms with van der Waals surface area (Å²) in [6.45, 7) is 7.08. The number of hydrogen-bond donors (Lipinski definition) is 1. The minimum Gasteiger partial charge on any atom is -0.388 e. The number of fused-ring (bicyclic) bond motifs is 1. The molecular weight excluding hydrogens is 268 g/mol. The van der Waals surface area contributed by atoms with Crippen LogP contribution in [0, 0.1) is 0 Å². The Labute approximate surface area is 130 Å². The molecule has 1 aliphatic carbocycles. The van der Waals surface area contributed by atoms with Crippen molar-refractivity contribution in [2.75, 3.05) is 25.5 Å². The summed E-state index contributed by atoms with van der Waals surface area (Å²) in [7, 11) is 2.03. The van der Waals surface area contributed by atoms with Crippen LogP contribution in [0.3, 0.4) is 0 Å². The molecular formula is C17H29ClN2. The maximum absolute atomic E-state index is 3.34. The number of benzene rings is 1. The Hall–Kier alpha value is -0.730. The minimum absolute atomic E-state index is 0. The van der Waals surface area contributed by atoms with Crippen molar-refractivity contribution in [3.63, 3.8) is 0 Å². The Balaban J connectivity index is 0.00000200. The molecule has 2 rings (SSSR count). The Kier molecular flexibility index (Phi) is 7.39. The third-order valence-electron chi connectivity index (χ3n) is 4.26. The van der Waals surface area contributed by atoms with Crippen LogP contribution in [-0.2, 0) is 12.8 Å². The summed E-state index contributed by atoms with van der Waals surface area (Å²) in [5.74, 6) is 0. The molecule has 1 atom stereocenters. The average molecular weight is 297 g/mol. The second-order valence-corrected chi connectivity index (χ2v) is 5.63. The smallest absolute Gasteiger partial charge is 0.0372 e. The van der Waals surface area contributed by atoms with E-state index in [9.17, 15) is 0 Å². The first-order valence-corrected chi connectivity index (χ1v) is 7.82. The fourth-order valence-corrected chi connectivity index (χ4v) is 3.39. The van der Waals surface area contributed by atoms with Gasteiger partial charge in [0.2, 0.25) is 0 Å². The van der Waals surface area contributed by atoms with Crippen molar-refractivity contribution in [2.24, 2.45) is 0 Å². The Morgan fingerprint density at radius 3 is 2.50 bits per heavy atom. The van der Waals surface area contributed by atoms with Crippen LogP contribution in [-0.4, -0.2) is 31.1 Å². The number of nitrogens with one attached hydrogen (secondary N) is 1. The Morgan fingerprint density at radius 1 is 1.20 bits per heavy atom. The van der Waals surface area contributed by atoms with Crippen LogP contribution in [0.25, 0.3) is 0 Å². The summed E-state index contributed by atoms with van der Waals surface area (Å²) >= 11 is 0. The number of hydrogen-bond acceptors (Lipinski definition) is 2. The molecule has 0 fully saturated rings. The molecule has 1 aliphatic rings. The average Bonchev–Trinajstić information content (AvgIpc) is 2.45. The van der Waals surface area contributed by atoms with Crippen LogP contribution in [0.1, 0.15) is 44.2 Å². The van der Waals surface area contributed by atoms with Crippen LogP contribution in [0.5, 0.6) is 0 Å². The van der Waals surface area contributed by atoms with E-state index in [2.05, 4.69) is 42.3 Å². The zero-order valence-corrected chi connectivity index (χ0v) is 13.9. The lowest BCUT2D eigenvalue weighted by molar-refractivity contribution is 0.180.